The van der Waals surface area contributed by atoms with Gasteiger partial charge in [0.15, 0.2) is 0 Å². The molecular weight excluding hydrogens is 248 g/mol. The average molecular weight is 267 g/mol. The maximum atomic E-state index is 6.11. The molecular formula is C14H19ClN2O. The SMILES string of the molecule is Clc1cccc(C2(CN3CCNCC3)COC2)c1. The van der Waals surface area contributed by atoms with Gasteiger partial charge in [0.05, 0.1) is 18.6 Å². The number of hydrogen-bond donors (Lipinski definition) is 1. The summed E-state index contributed by atoms with van der Waals surface area (Å²) in [5.74, 6) is 0. The number of piperazine rings is 1. The molecule has 3 nitrogen and oxygen atoms in total. The van der Waals surface area contributed by atoms with Gasteiger partial charge in [-0.2, -0.15) is 0 Å². The summed E-state index contributed by atoms with van der Waals surface area (Å²) in [6.07, 6.45) is 0. The number of rotatable bonds is 3. The molecule has 0 aliphatic carbocycles. The van der Waals surface area contributed by atoms with Gasteiger partial charge in [0.2, 0.25) is 0 Å². The molecule has 0 bridgehead atoms. The van der Waals surface area contributed by atoms with Gasteiger partial charge in [-0.15, -0.1) is 0 Å². The minimum Gasteiger partial charge on any atom is -0.379 e. The Balaban J connectivity index is 1.77. The molecule has 1 aromatic rings. The Morgan fingerprint density at radius 2 is 2.06 bits per heavy atom. The van der Waals surface area contributed by atoms with E-state index in [1.54, 1.807) is 0 Å². The van der Waals surface area contributed by atoms with Gasteiger partial charge in [-0.1, -0.05) is 23.7 Å². The molecule has 0 aromatic heterocycles. The minimum absolute atomic E-state index is 0.155. The highest BCUT2D eigenvalue weighted by Crippen LogP contribution is 2.34. The molecule has 1 aromatic carbocycles. The Bertz CT molecular complexity index is 414. The quantitative estimate of drug-likeness (QED) is 0.898. The van der Waals surface area contributed by atoms with Crippen LogP contribution in [0.4, 0.5) is 0 Å². The average Bonchev–Trinajstić information content (AvgIpc) is 2.35. The molecule has 0 atom stereocenters. The van der Waals surface area contributed by atoms with Crippen molar-refractivity contribution in [2.24, 2.45) is 0 Å². The van der Waals surface area contributed by atoms with Crippen molar-refractivity contribution in [1.29, 1.82) is 0 Å². The van der Waals surface area contributed by atoms with Gasteiger partial charge in [0.1, 0.15) is 0 Å². The first-order valence-electron chi connectivity index (χ1n) is 6.55. The second-order valence-corrected chi connectivity index (χ2v) is 5.75. The zero-order valence-electron chi connectivity index (χ0n) is 10.5. The summed E-state index contributed by atoms with van der Waals surface area (Å²) in [5.41, 5.74) is 1.47. The predicted octanol–water partition coefficient (Wildman–Crippen LogP) is 1.51. The lowest BCUT2D eigenvalue weighted by molar-refractivity contribution is -0.0756. The largest absolute Gasteiger partial charge is 0.379 e. The fraction of sp³-hybridized carbons (Fsp3) is 0.571. The van der Waals surface area contributed by atoms with Gasteiger partial charge in [-0.3, -0.25) is 4.90 Å². The summed E-state index contributed by atoms with van der Waals surface area (Å²) in [5, 5.41) is 4.21. The number of benzene rings is 1. The van der Waals surface area contributed by atoms with Gasteiger partial charge in [-0.05, 0) is 17.7 Å². The second-order valence-electron chi connectivity index (χ2n) is 5.31. The Kier molecular flexibility index (Phi) is 3.57. The maximum Gasteiger partial charge on any atom is 0.0598 e. The first-order valence-corrected chi connectivity index (χ1v) is 6.93. The lowest BCUT2D eigenvalue weighted by Gasteiger charge is -2.46. The summed E-state index contributed by atoms with van der Waals surface area (Å²) in [7, 11) is 0. The van der Waals surface area contributed by atoms with Crippen LogP contribution in [0, 0.1) is 0 Å². The van der Waals surface area contributed by atoms with Crippen LogP contribution in [0.3, 0.4) is 0 Å². The van der Waals surface area contributed by atoms with E-state index < -0.39 is 0 Å². The molecule has 3 rings (SSSR count). The Labute approximate surface area is 113 Å². The molecule has 18 heavy (non-hydrogen) atoms. The van der Waals surface area contributed by atoms with Gasteiger partial charge in [0, 0.05) is 37.7 Å². The highest BCUT2D eigenvalue weighted by molar-refractivity contribution is 6.30. The van der Waals surface area contributed by atoms with Gasteiger partial charge in [0.25, 0.3) is 0 Å². The lowest BCUT2D eigenvalue weighted by atomic mass is 9.78. The van der Waals surface area contributed by atoms with Crippen molar-refractivity contribution in [1.82, 2.24) is 10.2 Å². The van der Waals surface area contributed by atoms with Crippen LogP contribution >= 0.6 is 11.6 Å². The Morgan fingerprint density at radius 1 is 1.28 bits per heavy atom. The summed E-state index contributed by atoms with van der Waals surface area (Å²) >= 11 is 6.11. The highest BCUT2D eigenvalue weighted by Gasteiger charge is 2.41. The molecule has 2 heterocycles. The molecule has 0 spiro atoms. The van der Waals surface area contributed by atoms with Crippen molar-refractivity contribution in [3.8, 4) is 0 Å². The van der Waals surface area contributed by atoms with Crippen LogP contribution in [0.1, 0.15) is 5.56 Å². The van der Waals surface area contributed by atoms with Crippen molar-refractivity contribution in [2.45, 2.75) is 5.41 Å². The van der Waals surface area contributed by atoms with E-state index in [0.717, 1.165) is 51.0 Å². The monoisotopic (exact) mass is 266 g/mol. The van der Waals surface area contributed by atoms with Crippen LogP contribution < -0.4 is 5.32 Å². The van der Waals surface area contributed by atoms with Crippen LogP contribution in [0.5, 0.6) is 0 Å². The van der Waals surface area contributed by atoms with E-state index in [4.69, 9.17) is 16.3 Å². The molecule has 0 amide bonds. The zero-order chi connectivity index (χ0) is 12.4. The van der Waals surface area contributed by atoms with E-state index in [1.165, 1.54) is 5.56 Å². The molecule has 2 aliphatic rings. The van der Waals surface area contributed by atoms with Crippen molar-refractivity contribution in [3.05, 3.63) is 34.9 Å². The van der Waals surface area contributed by atoms with Gasteiger partial charge < -0.3 is 10.1 Å². The standard InChI is InChI=1S/C14H19ClN2O/c15-13-3-1-2-12(8-13)14(10-18-11-14)9-17-6-4-16-5-7-17/h1-3,8,16H,4-7,9-11H2. The van der Waals surface area contributed by atoms with Crippen molar-refractivity contribution in [2.75, 3.05) is 45.9 Å². The van der Waals surface area contributed by atoms with E-state index >= 15 is 0 Å². The van der Waals surface area contributed by atoms with Crippen molar-refractivity contribution in [3.63, 3.8) is 0 Å². The van der Waals surface area contributed by atoms with Gasteiger partial charge >= 0.3 is 0 Å². The molecule has 2 saturated heterocycles. The van der Waals surface area contributed by atoms with Crippen LogP contribution in [-0.2, 0) is 10.2 Å². The molecule has 98 valence electrons. The first kappa shape index (κ1) is 12.4. The van der Waals surface area contributed by atoms with E-state index in [0.29, 0.717) is 0 Å². The summed E-state index contributed by atoms with van der Waals surface area (Å²) in [6.45, 7) is 7.15. The number of halogens is 1. The van der Waals surface area contributed by atoms with E-state index in [-0.39, 0.29) is 5.41 Å². The molecule has 0 saturated carbocycles. The van der Waals surface area contributed by atoms with E-state index in [1.807, 2.05) is 12.1 Å². The van der Waals surface area contributed by atoms with Crippen molar-refractivity contribution >= 4 is 11.6 Å². The number of ether oxygens (including phenoxy) is 1. The molecule has 2 aliphatic heterocycles. The molecule has 1 N–H and O–H groups in total. The number of hydrogen-bond acceptors (Lipinski definition) is 3. The molecule has 0 unspecified atom stereocenters. The van der Waals surface area contributed by atoms with E-state index in [9.17, 15) is 0 Å². The van der Waals surface area contributed by atoms with Crippen molar-refractivity contribution < 1.29 is 4.74 Å². The third kappa shape index (κ3) is 2.41. The maximum absolute atomic E-state index is 6.11. The molecule has 2 fully saturated rings. The fourth-order valence-electron chi connectivity index (χ4n) is 2.81. The smallest absolute Gasteiger partial charge is 0.0598 e. The third-order valence-electron chi connectivity index (χ3n) is 3.93. The minimum atomic E-state index is 0.155. The first-order chi connectivity index (χ1) is 8.78. The topological polar surface area (TPSA) is 24.5 Å². The summed E-state index contributed by atoms with van der Waals surface area (Å²) < 4.78 is 5.49. The van der Waals surface area contributed by atoms with Crippen LogP contribution in [0.25, 0.3) is 0 Å². The molecule has 4 heteroatoms. The third-order valence-corrected chi connectivity index (χ3v) is 4.16. The number of nitrogens with zero attached hydrogens (tertiary/aromatic N) is 1. The predicted molar refractivity (Wildman–Crippen MR) is 73.3 cm³/mol. The normalized spacial score (nSPS) is 23.6. The van der Waals surface area contributed by atoms with E-state index in [2.05, 4.69) is 22.3 Å². The highest BCUT2D eigenvalue weighted by atomic mass is 35.5. The second kappa shape index (κ2) is 5.17. The fourth-order valence-corrected chi connectivity index (χ4v) is 3.00. The summed E-state index contributed by atoms with van der Waals surface area (Å²) in [4.78, 5) is 2.53. The zero-order valence-corrected chi connectivity index (χ0v) is 11.2. The van der Waals surface area contributed by atoms with Gasteiger partial charge in [-0.25, -0.2) is 0 Å². The summed E-state index contributed by atoms with van der Waals surface area (Å²) in [6, 6.07) is 8.24. The Morgan fingerprint density at radius 3 is 2.67 bits per heavy atom. The lowest BCUT2D eigenvalue weighted by Crippen LogP contribution is -2.57. The van der Waals surface area contributed by atoms with Crippen LogP contribution in [-0.4, -0.2) is 50.8 Å². The Hall–Kier alpha value is -0.610. The number of nitrogens with one attached hydrogen (secondary N) is 1. The van der Waals surface area contributed by atoms with Crippen LogP contribution in [0.2, 0.25) is 5.02 Å². The molecule has 0 radical (unpaired) electrons. The van der Waals surface area contributed by atoms with Crippen LogP contribution in [0.15, 0.2) is 24.3 Å².